The molecule has 3 nitrogen and oxygen atoms in total. The predicted octanol–water partition coefficient (Wildman–Crippen LogP) is 3.01. The topological polar surface area (TPSA) is 45.7 Å². The molecule has 1 amide bonds. The van der Waals surface area contributed by atoms with Crippen LogP contribution in [0.3, 0.4) is 0 Å². The smallest absolute Gasteiger partial charge is 0.251 e. The van der Waals surface area contributed by atoms with Gasteiger partial charge in [-0.05, 0) is 12.5 Å². The molecule has 0 heterocycles. The number of benzene rings is 1. The second-order valence-corrected chi connectivity index (χ2v) is 3.60. The van der Waals surface area contributed by atoms with Crippen LogP contribution in [0.25, 0.3) is 0 Å². The lowest BCUT2D eigenvalue weighted by molar-refractivity contribution is -0.556. The molecule has 21 heavy (non-hydrogen) atoms. The Morgan fingerprint density at radius 3 is 2.19 bits per heavy atom. The molecule has 0 aliphatic carbocycles. The van der Waals surface area contributed by atoms with E-state index < -0.39 is 0 Å². The molecule has 3 N–H and O–H groups in total. The molecule has 1 aromatic carbocycles. The molecule has 0 unspecified atom stereocenters. The minimum Gasteiger partial charge on any atom is -0.348 e. The second-order valence-electron chi connectivity index (χ2n) is 3.60. The number of carbonyl (C=O) groups is 1. The van der Waals surface area contributed by atoms with Crippen molar-refractivity contribution in [2.24, 2.45) is 0 Å². The molecule has 1 rings (SSSR count). The number of hydrogen-bond acceptors (Lipinski definition) is 1. The molecule has 0 saturated carbocycles. The standard InChI is InChI=1S/C14H18N2O.2C2H6/c1-3-13(9-10-15-2)14(17)16-11-12-7-5-4-6-8-12;2*1-2/h3-10,15H,11H2,1-2H3,(H,16,17);2*1-2H3/p+1/b10-9-,13-3+;;. The van der Waals surface area contributed by atoms with Crippen LogP contribution in [0.4, 0.5) is 0 Å². The van der Waals surface area contributed by atoms with Crippen LogP contribution in [-0.4, -0.2) is 13.0 Å². The van der Waals surface area contributed by atoms with E-state index in [-0.39, 0.29) is 5.91 Å². The fraction of sp³-hybridized carbons (Fsp3) is 0.389. The summed E-state index contributed by atoms with van der Waals surface area (Å²) in [7, 11) is 1.92. The van der Waals surface area contributed by atoms with Gasteiger partial charge in [-0.3, -0.25) is 4.79 Å². The summed E-state index contributed by atoms with van der Waals surface area (Å²) >= 11 is 0. The molecule has 0 bridgehead atoms. The maximum absolute atomic E-state index is 11.8. The molecule has 118 valence electrons. The van der Waals surface area contributed by atoms with E-state index in [1.54, 1.807) is 12.2 Å². The van der Waals surface area contributed by atoms with Crippen molar-refractivity contribution in [2.75, 3.05) is 7.05 Å². The molecule has 0 aromatic heterocycles. The molecule has 0 aliphatic rings. The van der Waals surface area contributed by atoms with Gasteiger partial charge in [0.2, 0.25) is 0 Å². The van der Waals surface area contributed by atoms with Gasteiger partial charge < -0.3 is 10.6 Å². The van der Waals surface area contributed by atoms with Gasteiger partial charge in [-0.2, -0.15) is 0 Å². The number of amides is 1. The molecule has 0 saturated heterocycles. The summed E-state index contributed by atoms with van der Waals surface area (Å²) in [5, 5.41) is 4.78. The Hall–Kier alpha value is -1.87. The highest BCUT2D eigenvalue weighted by atomic mass is 16.1. The summed E-state index contributed by atoms with van der Waals surface area (Å²) in [6.07, 6.45) is 5.47. The number of nitrogens with one attached hydrogen (secondary N) is 1. The highest BCUT2D eigenvalue weighted by Crippen LogP contribution is 2.00. The highest BCUT2D eigenvalue weighted by Gasteiger charge is 2.04. The molecule has 0 radical (unpaired) electrons. The molecular formula is C18H31N2O+. The number of quaternary nitrogens is 1. The van der Waals surface area contributed by atoms with Gasteiger partial charge in [0.25, 0.3) is 5.91 Å². The van der Waals surface area contributed by atoms with Crippen molar-refractivity contribution in [1.82, 2.24) is 5.32 Å². The Balaban J connectivity index is 0. The number of nitrogens with two attached hydrogens (primary N) is 1. The number of allylic oxidation sites excluding steroid dienone is 1. The minimum atomic E-state index is -0.0468. The molecule has 0 fully saturated rings. The molecule has 3 heteroatoms. The largest absolute Gasteiger partial charge is 0.348 e. The van der Waals surface area contributed by atoms with E-state index in [1.807, 2.05) is 83.5 Å². The first-order valence-corrected chi connectivity index (χ1v) is 7.72. The van der Waals surface area contributed by atoms with E-state index in [2.05, 4.69) is 5.32 Å². The lowest BCUT2D eigenvalue weighted by Gasteiger charge is -2.05. The predicted molar refractivity (Wildman–Crippen MR) is 91.7 cm³/mol. The van der Waals surface area contributed by atoms with E-state index >= 15 is 0 Å². The van der Waals surface area contributed by atoms with Crippen LogP contribution in [0.1, 0.15) is 40.2 Å². The SMILES string of the molecule is C/C=C(\C=C/[NH2+]C)C(=O)NCc1ccccc1.CC.CC. The zero-order chi connectivity index (χ0) is 16.5. The van der Waals surface area contributed by atoms with E-state index in [1.165, 1.54) is 0 Å². The van der Waals surface area contributed by atoms with Gasteiger partial charge in [-0.15, -0.1) is 0 Å². The Kier molecular flexibility index (Phi) is 16.5. The van der Waals surface area contributed by atoms with Gasteiger partial charge >= 0.3 is 0 Å². The van der Waals surface area contributed by atoms with Gasteiger partial charge in [0.05, 0.1) is 13.2 Å². The summed E-state index contributed by atoms with van der Waals surface area (Å²) in [6, 6.07) is 9.87. The van der Waals surface area contributed by atoms with Crippen LogP contribution in [0.2, 0.25) is 0 Å². The van der Waals surface area contributed by atoms with Crippen LogP contribution in [-0.2, 0) is 11.3 Å². The van der Waals surface area contributed by atoms with Gasteiger partial charge in [0.15, 0.2) is 0 Å². The molecular weight excluding hydrogens is 260 g/mol. The maximum atomic E-state index is 11.8. The zero-order valence-corrected chi connectivity index (χ0v) is 14.3. The summed E-state index contributed by atoms with van der Waals surface area (Å²) in [5.74, 6) is -0.0468. The Bertz CT molecular complexity index is 408. The number of carbonyl (C=O) groups excluding carboxylic acids is 1. The summed E-state index contributed by atoms with van der Waals surface area (Å²) in [6.45, 7) is 10.4. The normalized spacial score (nSPS) is 10.1. The fourth-order valence-corrected chi connectivity index (χ4v) is 1.38. The van der Waals surface area contributed by atoms with Crippen molar-refractivity contribution in [3.05, 3.63) is 59.8 Å². The van der Waals surface area contributed by atoms with E-state index in [0.717, 1.165) is 5.56 Å². The van der Waals surface area contributed by atoms with Crippen molar-refractivity contribution in [3.8, 4) is 0 Å². The number of hydrogen-bond donors (Lipinski definition) is 2. The van der Waals surface area contributed by atoms with Gasteiger partial charge in [0, 0.05) is 18.2 Å². The van der Waals surface area contributed by atoms with Crippen molar-refractivity contribution in [2.45, 2.75) is 41.2 Å². The molecule has 0 spiro atoms. The Labute approximate surface area is 130 Å². The van der Waals surface area contributed by atoms with Crippen molar-refractivity contribution < 1.29 is 10.1 Å². The van der Waals surface area contributed by atoms with Crippen LogP contribution in [0, 0.1) is 0 Å². The zero-order valence-electron chi connectivity index (χ0n) is 14.3. The Morgan fingerprint density at radius 1 is 1.14 bits per heavy atom. The van der Waals surface area contributed by atoms with Crippen molar-refractivity contribution in [1.29, 1.82) is 0 Å². The van der Waals surface area contributed by atoms with E-state index in [0.29, 0.717) is 12.1 Å². The third-order valence-corrected chi connectivity index (χ3v) is 2.34. The summed E-state index contributed by atoms with van der Waals surface area (Å²) in [5.41, 5.74) is 1.78. The van der Waals surface area contributed by atoms with Crippen LogP contribution < -0.4 is 10.6 Å². The summed E-state index contributed by atoms with van der Waals surface area (Å²) < 4.78 is 0. The average Bonchev–Trinajstić information content (AvgIpc) is 2.58. The third kappa shape index (κ3) is 10.6. The van der Waals surface area contributed by atoms with Crippen molar-refractivity contribution in [3.63, 3.8) is 0 Å². The van der Waals surface area contributed by atoms with Crippen molar-refractivity contribution >= 4 is 5.91 Å². The monoisotopic (exact) mass is 291 g/mol. The van der Waals surface area contributed by atoms with Crippen LogP contribution >= 0.6 is 0 Å². The first-order valence-electron chi connectivity index (χ1n) is 7.72. The maximum Gasteiger partial charge on any atom is 0.251 e. The quantitative estimate of drug-likeness (QED) is 0.636. The van der Waals surface area contributed by atoms with E-state index in [9.17, 15) is 4.79 Å². The average molecular weight is 291 g/mol. The van der Waals surface area contributed by atoms with Gasteiger partial charge in [-0.25, -0.2) is 0 Å². The molecule has 1 aromatic rings. The first-order chi connectivity index (χ1) is 10.3. The van der Waals surface area contributed by atoms with Gasteiger partial charge in [-0.1, -0.05) is 64.1 Å². The summed E-state index contributed by atoms with van der Waals surface area (Å²) in [4.78, 5) is 11.8. The highest BCUT2D eigenvalue weighted by molar-refractivity contribution is 5.95. The molecule has 0 atom stereocenters. The fourth-order valence-electron chi connectivity index (χ4n) is 1.38. The lowest BCUT2D eigenvalue weighted by Crippen LogP contribution is -2.72. The lowest BCUT2D eigenvalue weighted by atomic mass is 10.2. The Morgan fingerprint density at radius 2 is 1.71 bits per heavy atom. The van der Waals surface area contributed by atoms with Crippen LogP contribution in [0.15, 0.2) is 54.3 Å². The van der Waals surface area contributed by atoms with Gasteiger partial charge in [0.1, 0.15) is 0 Å². The third-order valence-electron chi connectivity index (χ3n) is 2.34. The molecule has 0 aliphatic heterocycles. The van der Waals surface area contributed by atoms with Crippen LogP contribution in [0.5, 0.6) is 0 Å². The number of rotatable bonds is 5. The first kappa shape index (κ1) is 21.4. The minimum absolute atomic E-state index is 0.0468. The second kappa shape index (κ2) is 16.2. The van der Waals surface area contributed by atoms with E-state index in [4.69, 9.17) is 0 Å².